The van der Waals surface area contributed by atoms with Crippen molar-refractivity contribution in [2.45, 2.75) is 24.9 Å². The maximum Gasteiger partial charge on any atom is 0.416 e. The maximum absolute atomic E-state index is 13.1. The van der Waals surface area contributed by atoms with Crippen LogP contribution in [0.2, 0.25) is 0 Å². The number of nitrogens with zero attached hydrogens (tertiary/aromatic N) is 2. The van der Waals surface area contributed by atoms with Gasteiger partial charge in [-0.1, -0.05) is 24.3 Å². The first-order chi connectivity index (χ1) is 11.8. The minimum absolute atomic E-state index is 0.226. The number of carbonyl (C=O) groups excluding carboxylic acids is 1. The molecule has 1 heterocycles. The van der Waals surface area contributed by atoms with Crippen molar-refractivity contribution in [1.82, 2.24) is 4.90 Å². The van der Waals surface area contributed by atoms with Gasteiger partial charge in [0, 0.05) is 13.1 Å². The monoisotopic (exact) mass is 351 g/mol. The molecule has 1 amide bonds. The lowest BCUT2D eigenvalue weighted by Crippen LogP contribution is -2.42. The van der Waals surface area contributed by atoms with E-state index < -0.39 is 17.6 Å². The molecule has 1 aromatic rings. The van der Waals surface area contributed by atoms with E-state index >= 15 is 0 Å². The molecule has 0 bridgehead atoms. The van der Waals surface area contributed by atoms with Gasteiger partial charge in [0.25, 0.3) is 5.91 Å². The van der Waals surface area contributed by atoms with Crippen molar-refractivity contribution in [3.63, 3.8) is 0 Å². The smallest absolute Gasteiger partial charge is 0.337 e. The Balaban J connectivity index is 2.02. The van der Waals surface area contributed by atoms with E-state index in [4.69, 9.17) is 5.41 Å². The van der Waals surface area contributed by atoms with Crippen LogP contribution in [0.5, 0.6) is 0 Å². The Kier molecular flexibility index (Phi) is 6.12. The van der Waals surface area contributed by atoms with Crippen molar-refractivity contribution >= 4 is 17.8 Å². The van der Waals surface area contributed by atoms with Crippen LogP contribution in [0.4, 0.5) is 13.2 Å². The predicted octanol–water partition coefficient (Wildman–Crippen LogP) is 3.69. The second kappa shape index (κ2) is 8.09. The topological polar surface area (TPSA) is 56.5 Å². The van der Waals surface area contributed by atoms with Crippen LogP contribution in [0, 0.1) is 5.41 Å². The van der Waals surface area contributed by atoms with Gasteiger partial charge in [0.1, 0.15) is 5.71 Å². The fourth-order valence-corrected chi connectivity index (χ4v) is 2.95. The van der Waals surface area contributed by atoms with Crippen molar-refractivity contribution in [2.24, 2.45) is 4.99 Å². The van der Waals surface area contributed by atoms with E-state index in [9.17, 15) is 18.0 Å². The third-order valence-electron chi connectivity index (χ3n) is 4.17. The lowest BCUT2D eigenvalue weighted by atomic mass is 9.86. The minimum Gasteiger partial charge on any atom is -0.337 e. The number of aliphatic imine (C=N–C) groups is 1. The number of halogens is 3. The summed E-state index contributed by atoms with van der Waals surface area (Å²) in [6.45, 7) is 4.47. The summed E-state index contributed by atoms with van der Waals surface area (Å²) in [5.41, 5.74) is -0.551. The Morgan fingerprint density at radius 2 is 1.96 bits per heavy atom. The molecule has 0 unspecified atom stereocenters. The van der Waals surface area contributed by atoms with Crippen molar-refractivity contribution in [3.8, 4) is 0 Å². The highest BCUT2D eigenvalue weighted by Crippen LogP contribution is 2.38. The lowest BCUT2D eigenvalue weighted by molar-refractivity contribution is -0.138. The van der Waals surface area contributed by atoms with E-state index in [1.54, 1.807) is 12.1 Å². The standard InChI is InChI=1S/C18H20F3N3O/c1-2-9-23-12-16(22)17(25)24-10-7-13(8-11-24)14-5-3-4-6-15(14)18(19,20)21/h2-6,12-13,22H,1,7-11H2. The van der Waals surface area contributed by atoms with Gasteiger partial charge in [-0.15, -0.1) is 6.58 Å². The van der Waals surface area contributed by atoms with Gasteiger partial charge >= 0.3 is 6.18 Å². The molecular weight excluding hydrogens is 331 g/mol. The highest BCUT2D eigenvalue weighted by Gasteiger charge is 2.36. The zero-order valence-electron chi connectivity index (χ0n) is 13.7. The molecule has 0 spiro atoms. The fourth-order valence-electron chi connectivity index (χ4n) is 2.95. The number of hydrogen-bond donors (Lipinski definition) is 1. The molecule has 7 heteroatoms. The Hall–Kier alpha value is -2.44. The van der Waals surface area contributed by atoms with Gasteiger partial charge in [-0.05, 0) is 30.4 Å². The number of alkyl halides is 3. The second-order valence-corrected chi connectivity index (χ2v) is 5.85. The molecule has 1 aliphatic heterocycles. The fraction of sp³-hybridized carbons (Fsp3) is 0.389. The quantitative estimate of drug-likeness (QED) is 0.638. The lowest BCUT2D eigenvalue weighted by Gasteiger charge is -2.33. The first-order valence-corrected chi connectivity index (χ1v) is 7.99. The summed E-state index contributed by atoms with van der Waals surface area (Å²) in [4.78, 5) is 17.5. The molecule has 25 heavy (non-hydrogen) atoms. The summed E-state index contributed by atoms with van der Waals surface area (Å²) < 4.78 is 39.4. The third-order valence-corrected chi connectivity index (χ3v) is 4.17. The van der Waals surface area contributed by atoms with Gasteiger partial charge in [-0.3, -0.25) is 15.2 Å². The van der Waals surface area contributed by atoms with E-state index in [0.717, 1.165) is 6.07 Å². The van der Waals surface area contributed by atoms with Crippen LogP contribution in [-0.2, 0) is 11.0 Å². The Morgan fingerprint density at radius 1 is 1.32 bits per heavy atom. The van der Waals surface area contributed by atoms with Crippen LogP contribution in [-0.4, -0.2) is 42.4 Å². The zero-order valence-corrected chi connectivity index (χ0v) is 13.7. The number of carbonyl (C=O) groups is 1. The number of rotatable bonds is 5. The number of likely N-dealkylation sites (tertiary alicyclic amines) is 1. The van der Waals surface area contributed by atoms with Gasteiger partial charge in [0.15, 0.2) is 0 Å². The van der Waals surface area contributed by atoms with E-state index in [2.05, 4.69) is 11.6 Å². The van der Waals surface area contributed by atoms with E-state index in [-0.39, 0.29) is 17.2 Å². The van der Waals surface area contributed by atoms with Crippen molar-refractivity contribution in [2.75, 3.05) is 19.6 Å². The number of piperidine rings is 1. The first-order valence-electron chi connectivity index (χ1n) is 7.99. The molecule has 0 aromatic heterocycles. The van der Waals surface area contributed by atoms with Gasteiger partial charge < -0.3 is 4.90 Å². The van der Waals surface area contributed by atoms with Crippen LogP contribution in [0.3, 0.4) is 0 Å². The highest BCUT2D eigenvalue weighted by atomic mass is 19.4. The average molecular weight is 351 g/mol. The highest BCUT2D eigenvalue weighted by molar-refractivity contribution is 6.59. The minimum atomic E-state index is -4.38. The summed E-state index contributed by atoms with van der Waals surface area (Å²) in [6, 6.07) is 5.59. The molecule has 134 valence electrons. The third kappa shape index (κ3) is 4.78. The average Bonchev–Trinajstić information content (AvgIpc) is 2.60. The molecule has 0 atom stereocenters. The van der Waals surface area contributed by atoms with Crippen LogP contribution < -0.4 is 0 Å². The first kappa shape index (κ1) is 18.9. The molecule has 1 N–H and O–H groups in total. The predicted molar refractivity (Wildman–Crippen MR) is 91.3 cm³/mol. The van der Waals surface area contributed by atoms with E-state index in [1.165, 1.54) is 23.2 Å². The van der Waals surface area contributed by atoms with Gasteiger partial charge in [0.2, 0.25) is 0 Å². The molecule has 2 rings (SSSR count). The molecule has 1 saturated heterocycles. The molecule has 4 nitrogen and oxygen atoms in total. The van der Waals surface area contributed by atoms with Gasteiger partial charge in [-0.25, -0.2) is 0 Å². The number of hydrogen-bond acceptors (Lipinski definition) is 3. The SMILES string of the molecule is C=CCN=CC(=N)C(=O)N1CCC(c2ccccc2C(F)(F)F)CC1. The van der Waals surface area contributed by atoms with Crippen LogP contribution in [0.15, 0.2) is 41.9 Å². The normalized spacial score (nSPS) is 16.2. The molecule has 0 aliphatic carbocycles. The Bertz CT molecular complexity index is 674. The summed E-state index contributed by atoms with van der Waals surface area (Å²) in [7, 11) is 0. The Labute approximate surface area is 144 Å². The summed E-state index contributed by atoms with van der Waals surface area (Å²) in [5.74, 6) is -0.694. The molecule has 1 aromatic carbocycles. The molecular formula is C18H20F3N3O. The van der Waals surface area contributed by atoms with Crippen LogP contribution >= 0.6 is 0 Å². The molecule has 1 aliphatic rings. The number of amides is 1. The van der Waals surface area contributed by atoms with Crippen molar-refractivity contribution in [1.29, 1.82) is 5.41 Å². The van der Waals surface area contributed by atoms with E-state index in [1.807, 2.05) is 0 Å². The summed E-state index contributed by atoms with van der Waals surface area (Å²) >= 11 is 0. The van der Waals surface area contributed by atoms with E-state index in [0.29, 0.717) is 32.5 Å². The van der Waals surface area contributed by atoms with Gasteiger partial charge in [-0.2, -0.15) is 13.2 Å². The summed E-state index contributed by atoms with van der Waals surface area (Å²) in [6.07, 6.45) is -0.758. The molecule has 1 fully saturated rings. The number of benzene rings is 1. The van der Waals surface area contributed by atoms with Crippen LogP contribution in [0.25, 0.3) is 0 Å². The molecule has 0 saturated carbocycles. The summed E-state index contributed by atoms with van der Waals surface area (Å²) in [5, 5.41) is 7.72. The second-order valence-electron chi connectivity index (χ2n) is 5.85. The largest absolute Gasteiger partial charge is 0.416 e. The number of nitrogens with one attached hydrogen (secondary N) is 1. The Morgan fingerprint density at radius 3 is 2.56 bits per heavy atom. The zero-order chi connectivity index (χ0) is 18.4. The van der Waals surface area contributed by atoms with Crippen molar-refractivity contribution in [3.05, 3.63) is 48.0 Å². The molecule has 0 radical (unpaired) electrons. The maximum atomic E-state index is 13.1. The van der Waals surface area contributed by atoms with Gasteiger partial charge in [0.05, 0.1) is 18.3 Å². The van der Waals surface area contributed by atoms with Crippen molar-refractivity contribution < 1.29 is 18.0 Å². The van der Waals surface area contributed by atoms with Crippen LogP contribution in [0.1, 0.15) is 29.9 Å².